The lowest BCUT2D eigenvalue weighted by atomic mass is 9.86. The average molecular weight is 440 g/mol. The van der Waals surface area contributed by atoms with E-state index in [1.807, 2.05) is 32.0 Å². The minimum absolute atomic E-state index is 0.0109. The van der Waals surface area contributed by atoms with E-state index in [9.17, 15) is 13.2 Å². The highest BCUT2D eigenvalue weighted by Crippen LogP contribution is 2.26. The van der Waals surface area contributed by atoms with Gasteiger partial charge in [0, 0.05) is 11.6 Å². The molecule has 164 valence electrons. The van der Waals surface area contributed by atoms with Gasteiger partial charge in [0.05, 0.1) is 29.1 Å². The van der Waals surface area contributed by atoms with Gasteiger partial charge in [-0.2, -0.15) is 0 Å². The van der Waals surface area contributed by atoms with E-state index < -0.39 is 10.0 Å². The standard InChI is InChI=1S/C24H29N3O3S/c1-15-11-17(7-9-21(15)27-31(6,29)30)16(2)26-23(28)19-12-18-13-20(24(3,4)5)8-10-22(18)25-14-19/h7-14,16,27H,1-6H3,(H,26,28)/t16-/m1/s1. The molecule has 0 aliphatic carbocycles. The second kappa shape index (κ2) is 8.30. The van der Waals surface area contributed by atoms with Crippen molar-refractivity contribution < 1.29 is 13.2 Å². The van der Waals surface area contributed by atoms with Crippen LogP contribution in [0.1, 0.15) is 60.8 Å². The molecular formula is C24H29N3O3S. The van der Waals surface area contributed by atoms with Crippen LogP contribution in [0.3, 0.4) is 0 Å². The van der Waals surface area contributed by atoms with Crippen LogP contribution in [0.5, 0.6) is 0 Å². The Hall–Kier alpha value is -2.93. The molecule has 0 saturated heterocycles. The molecule has 1 aromatic heterocycles. The highest BCUT2D eigenvalue weighted by molar-refractivity contribution is 7.92. The number of benzene rings is 2. The van der Waals surface area contributed by atoms with Crippen molar-refractivity contribution in [3.8, 4) is 0 Å². The number of carbonyl (C=O) groups is 1. The Bertz CT molecular complexity index is 1240. The molecule has 31 heavy (non-hydrogen) atoms. The van der Waals surface area contributed by atoms with E-state index in [2.05, 4.69) is 47.9 Å². The molecule has 0 spiro atoms. The zero-order valence-electron chi connectivity index (χ0n) is 18.8. The fourth-order valence-electron chi connectivity index (χ4n) is 3.36. The van der Waals surface area contributed by atoms with Crippen molar-refractivity contribution in [3.05, 3.63) is 70.9 Å². The number of rotatable bonds is 5. The number of hydrogen-bond acceptors (Lipinski definition) is 4. The summed E-state index contributed by atoms with van der Waals surface area (Å²) in [6.45, 7) is 10.2. The fourth-order valence-corrected chi connectivity index (χ4v) is 3.98. The van der Waals surface area contributed by atoms with E-state index in [4.69, 9.17) is 0 Å². The molecule has 2 aromatic carbocycles. The summed E-state index contributed by atoms with van der Waals surface area (Å²) in [4.78, 5) is 17.3. The van der Waals surface area contributed by atoms with Crippen LogP contribution in [0, 0.1) is 6.92 Å². The summed E-state index contributed by atoms with van der Waals surface area (Å²) in [5.74, 6) is -0.209. The summed E-state index contributed by atoms with van der Waals surface area (Å²) in [6.07, 6.45) is 2.71. The zero-order valence-corrected chi connectivity index (χ0v) is 19.6. The van der Waals surface area contributed by atoms with Crippen LogP contribution >= 0.6 is 0 Å². The number of fused-ring (bicyclic) bond motifs is 1. The Balaban J connectivity index is 1.80. The predicted octanol–water partition coefficient (Wildman–Crippen LogP) is 4.70. The number of pyridine rings is 1. The molecule has 0 unspecified atom stereocenters. The Labute approximate surface area is 184 Å². The van der Waals surface area contributed by atoms with Crippen LogP contribution in [0.2, 0.25) is 0 Å². The van der Waals surface area contributed by atoms with Gasteiger partial charge in [0.15, 0.2) is 0 Å². The molecule has 0 aliphatic heterocycles. The van der Waals surface area contributed by atoms with Crippen LogP contribution in [-0.2, 0) is 15.4 Å². The third-order valence-electron chi connectivity index (χ3n) is 5.20. The Morgan fingerprint density at radius 1 is 1.06 bits per heavy atom. The average Bonchev–Trinajstić information content (AvgIpc) is 2.66. The molecule has 0 bridgehead atoms. The largest absolute Gasteiger partial charge is 0.345 e. The van der Waals surface area contributed by atoms with Crippen LogP contribution in [0.15, 0.2) is 48.7 Å². The fraction of sp³-hybridized carbons (Fsp3) is 0.333. The monoisotopic (exact) mass is 439 g/mol. The summed E-state index contributed by atoms with van der Waals surface area (Å²) < 4.78 is 25.4. The molecule has 1 heterocycles. The summed E-state index contributed by atoms with van der Waals surface area (Å²) in [6, 6.07) is 13.1. The van der Waals surface area contributed by atoms with Crippen molar-refractivity contribution in [1.82, 2.24) is 10.3 Å². The van der Waals surface area contributed by atoms with Crippen molar-refractivity contribution in [1.29, 1.82) is 0 Å². The maximum atomic E-state index is 12.9. The molecule has 0 radical (unpaired) electrons. The molecule has 1 amide bonds. The number of nitrogens with one attached hydrogen (secondary N) is 2. The predicted molar refractivity (Wildman–Crippen MR) is 126 cm³/mol. The van der Waals surface area contributed by atoms with Gasteiger partial charge >= 0.3 is 0 Å². The number of amides is 1. The van der Waals surface area contributed by atoms with Gasteiger partial charge in [-0.3, -0.25) is 14.5 Å². The molecule has 0 aliphatic rings. The smallest absolute Gasteiger partial charge is 0.253 e. The molecule has 1 atom stereocenters. The number of sulfonamides is 1. The van der Waals surface area contributed by atoms with Gasteiger partial charge in [-0.1, -0.05) is 39.0 Å². The third-order valence-corrected chi connectivity index (χ3v) is 5.79. The van der Waals surface area contributed by atoms with E-state index in [1.54, 1.807) is 18.3 Å². The van der Waals surface area contributed by atoms with E-state index in [0.29, 0.717) is 11.3 Å². The topological polar surface area (TPSA) is 88.2 Å². The highest BCUT2D eigenvalue weighted by Gasteiger charge is 2.16. The number of aromatic nitrogens is 1. The summed E-state index contributed by atoms with van der Waals surface area (Å²) in [7, 11) is -3.34. The van der Waals surface area contributed by atoms with Gasteiger partial charge in [-0.05, 0) is 60.2 Å². The maximum Gasteiger partial charge on any atom is 0.253 e. The first-order chi connectivity index (χ1) is 14.3. The molecule has 3 rings (SSSR count). The van der Waals surface area contributed by atoms with E-state index in [1.165, 1.54) is 5.56 Å². The molecule has 6 nitrogen and oxygen atoms in total. The van der Waals surface area contributed by atoms with Crippen LogP contribution in [-0.4, -0.2) is 25.6 Å². The quantitative estimate of drug-likeness (QED) is 0.603. The Kier molecular flexibility index (Phi) is 6.09. The lowest BCUT2D eigenvalue weighted by Gasteiger charge is -2.19. The molecule has 0 fully saturated rings. The second-order valence-corrected chi connectivity index (χ2v) is 10.8. The van der Waals surface area contributed by atoms with Crippen molar-refractivity contribution in [3.63, 3.8) is 0 Å². The second-order valence-electron chi connectivity index (χ2n) is 9.03. The minimum atomic E-state index is -3.34. The van der Waals surface area contributed by atoms with E-state index >= 15 is 0 Å². The van der Waals surface area contributed by atoms with Crippen molar-refractivity contribution in [2.45, 2.75) is 46.1 Å². The van der Waals surface area contributed by atoms with Gasteiger partial charge in [-0.15, -0.1) is 0 Å². The number of carbonyl (C=O) groups excluding carboxylic acids is 1. The first-order valence-corrected chi connectivity index (χ1v) is 12.0. The van der Waals surface area contributed by atoms with Gasteiger partial charge in [-0.25, -0.2) is 8.42 Å². The number of hydrogen-bond donors (Lipinski definition) is 2. The molecule has 3 aromatic rings. The van der Waals surface area contributed by atoms with Gasteiger partial charge in [0.1, 0.15) is 0 Å². The SMILES string of the molecule is Cc1cc([C@@H](C)NC(=O)c2cnc3ccc(C(C)(C)C)cc3c2)ccc1NS(C)(=O)=O. The summed E-state index contributed by atoms with van der Waals surface area (Å²) in [5.41, 5.74) is 4.74. The van der Waals surface area contributed by atoms with Crippen molar-refractivity contribution >= 4 is 32.5 Å². The van der Waals surface area contributed by atoms with Crippen LogP contribution < -0.4 is 10.0 Å². The van der Waals surface area contributed by atoms with Gasteiger partial charge < -0.3 is 5.32 Å². The molecular weight excluding hydrogens is 410 g/mol. The van der Waals surface area contributed by atoms with Crippen molar-refractivity contribution in [2.24, 2.45) is 0 Å². The van der Waals surface area contributed by atoms with E-state index in [-0.39, 0.29) is 17.4 Å². The van der Waals surface area contributed by atoms with Gasteiger partial charge in [0.25, 0.3) is 5.91 Å². The highest BCUT2D eigenvalue weighted by atomic mass is 32.2. The zero-order chi connectivity index (χ0) is 23.0. The van der Waals surface area contributed by atoms with E-state index in [0.717, 1.165) is 28.3 Å². The first-order valence-electron chi connectivity index (χ1n) is 10.1. The Morgan fingerprint density at radius 2 is 1.77 bits per heavy atom. The number of aryl methyl sites for hydroxylation is 1. The minimum Gasteiger partial charge on any atom is -0.345 e. The lowest BCUT2D eigenvalue weighted by molar-refractivity contribution is 0.0939. The van der Waals surface area contributed by atoms with Crippen LogP contribution in [0.4, 0.5) is 5.69 Å². The molecule has 7 heteroatoms. The third kappa shape index (κ3) is 5.61. The number of nitrogens with zero attached hydrogens (tertiary/aromatic N) is 1. The lowest BCUT2D eigenvalue weighted by Crippen LogP contribution is -2.26. The molecule has 2 N–H and O–H groups in total. The normalized spacial score (nSPS) is 13.1. The first kappa shape index (κ1) is 22.7. The maximum absolute atomic E-state index is 12.9. The van der Waals surface area contributed by atoms with Gasteiger partial charge in [0.2, 0.25) is 10.0 Å². The number of anilines is 1. The summed E-state index contributed by atoms with van der Waals surface area (Å²) in [5, 5.41) is 3.93. The van der Waals surface area contributed by atoms with Crippen LogP contribution in [0.25, 0.3) is 10.9 Å². The Morgan fingerprint density at radius 3 is 2.39 bits per heavy atom. The summed E-state index contributed by atoms with van der Waals surface area (Å²) >= 11 is 0. The van der Waals surface area contributed by atoms with Crippen molar-refractivity contribution in [2.75, 3.05) is 11.0 Å². The molecule has 0 saturated carbocycles.